The number of benzene rings is 1. The minimum atomic E-state index is -1.57. The van der Waals surface area contributed by atoms with Gasteiger partial charge in [-0.1, -0.05) is 48.6 Å². The van der Waals surface area contributed by atoms with E-state index >= 15 is 0 Å². The lowest BCUT2D eigenvalue weighted by molar-refractivity contribution is 0.0599. The molecule has 2 rings (SSSR count). The average Bonchev–Trinajstić information content (AvgIpc) is 2.47. The van der Waals surface area contributed by atoms with Crippen molar-refractivity contribution in [2.45, 2.75) is 26.1 Å². The SMILES string of the molecule is COC(=O)c1ccc(Cl)nc1Cc1ccc([Si](C)(C)C)cc1F. The van der Waals surface area contributed by atoms with E-state index in [2.05, 4.69) is 24.6 Å². The molecule has 0 aliphatic heterocycles. The van der Waals surface area contributed by atoms with Gasteiger partial charge < -0.3 is 4.74 Å². The normalized spacial score (nSPS) is 11.4. The summed E-state index contributed by atoms with van der Waals surface area (Å²) < 4.78 is 19.2. The van der Waals surface area contributed by atoms with Crippen LogP contribution in [0.1, 0.15) is 21.6 Å². The fraction of sp³-hybridized carbons (Fsp3) is 0.294. The number of rotatable bonds is 4. The van der Waals surface area contributed by atoms with E-state index in [0.717, 1.165) is 5.19 Å². The Balaban J connectivity index is 2.40. The Morgan fingerprint density at radius 1 is 1.26 bits per heavy atom. The van der Waals surface area contributed by atoms with Crippen molar-refractivity contribution in [2.75, 3.05) is 7.11 Å². The van der Waals surface area contributed by atoms with Gasteiger partial charge in [0.05, 0.1) is 26.4 Å². The van der Waals surface area contributed by atoms with Crippen LogP contribution >= 0.6 is 11.6 Å². The maximum Gasteiger partial charge on any atom is 0.339 e. The Morgan fingerprint density at radius 3 is 2.52 bits per heavy atom. The Bertz CT molecular complexity index is 744. The average molecular weight is 352 g/mol. The fourth-order valence-electron chi connectivity index (χ4n) is 2.24. The van der Waals surface area contributed by atoms with Crippen molar-refractivity contribution in [3.63, 3.8) is 0 Å². The lowest BCUT2D eigenvalue weighted by Crippen LogP contribution is -2.37. The van der Waals surface area contributed by atoms with Gasteiger partial charge in [-0.25, -0.2) is 14.2 Å². The number of carbonyl (C=O) groups is 1. The molecule has 122 valence electrons. The van der Waals surface area contributed by atoms with E-state index in [0.29, 0.717) is 16.8 Å². The first-order valence-electron chi connectivity index (χ1n) is 7.25. The van der Waals surface area contributed by atoms with Crippen LogP contribution in [-0.4, -0.2) is 26.1 Å². The minimum absolute atomic E-state index is 0.183. The van der Waals surface area contributed by atoms with Crippen LogP contribution in [0.3, 0.4) is 0 Å². The Morgan fingerprint density at radius 2 is 1.96 bits per heavy atom. The molecule has 23 heavy (non-hydrogen) atoms. The van der Waals surface area contributed by atoms with Gasteiger partial charge in [-0.15, -0.1) is 0 Å². The number of aromatic nitrogens is 1. The molecule has 0 radical (unpaired) electrons. The molecular formula is C17H19ClFNO2Si. The highest BCUT2D eigenvalue weighted by Crippen LogP contribution is 2.19. The predicted molar refractivity (Wildman–Crippen MR) is 92.8 cm³/mol. The molecular weight excluding hydrogens is 333 g/mol. The Hall–Kier alpha value is -1.72. The van der Waals surface area contributed by atoms with E-state index in [-0.39, 0.29) is 17.4 Å². The van der Waals surface area contributed by atoms with Crippen LogP contribution in [0.4, 0.5) is 4.39 Å². The number of methoxy groups -OCH3 is 1. The highest BCUT2D eigenvalue weighted by Gasteiger charge is 2.20. The number of esters is 1. The summed E-state index contributed by atoms with van der Waals surface area (Å²) in [6, 6.07) is 8.36. The third-order valence-corrected chi connectivity index (χ3v) is 5.88. The van der Waals surface area contributed by atoms with E-state index in [1.165, 1.54) is 13.2 Å². The Kier molecular flexibility index (Phi) is 5.22. The van der Waals surface area contributed by atoms with Crippen molar-refractivity contribution >= 4 is 30.8 Å². The number of halogens is 2. The lowest BCUT2D eigenvalue weighted by atomic mass is 10.0. The van der Waals surface area contributed by atoms with Gasteiger partial charge in [0.2, 0.25) is 0 Å². The highest BCUT2D eigenvalue weighted by atomic mass is 35.5. The van der Waals surface area contributed by atoms with Gasteiger partial charge in [0.1, 0.15) is 11.0 Å². The van der Waals surface area contributed by atoms with Crippen LogP contribution in [0.15, 0.2) is 30.3 Å². The van der Waals surface area contributed by atoms with Crippen LogP contribution in [-0.2, 0) is 11.2 Å². The molecule has 0 unspecified atom stereocenters. The topological polar surface area (TPSA) is 39.2 Å². The van der Waals surface area contributed by atoms with Gasteiger partial charge in [0, 0.05) is 6.42 Å². The molecule has 1 heterocycles. The summed E-state index contributed by atoms with van der Waals surface area (Å²) in [4.78, 5) is 16.0. The number of carbonyl (C=O) groups excluding carboxylic acids is 1. The van der Waals surface area contributed by atoms with Gasteiger partial charge in [-0.05, 0) is 23.8 Å². The smallest absolute Gasteiger partial charge is 0.339 e. The second kappa shape index (κ2) is 6.80. The molecule has 0 N–H and O–H groups in total. The standard InChI is InChI=1S/C17H19ClFNO2Si/c1-22-17(21)13-7-8-16(18)20-15(13)9-11-5-6-12(10-14(11)19)23(2,3)4/h5-8,10H,9H2,1-4H3. The molecule has 2 aromatic rings. The number of hydrogen-bond acceptors (Lipinski definition) is 3. The van der Waals surface area contributed by atoms with Crippen molar-refractivity contribution < 1.29 is 13.9 Å². The molecule has 6 heteroatoms. The second-order valence-corrected chi connectivity index (χ2v) is 11.8. The van der Waals surface area contributed by atoms with E-state index in [4.69, 9.17) is 16.3 Å². The Labute approximate surface area is 141 Å². The molecule has 0 bridgehead atoms. The molecule has 0 saturated carbocycles. The third-order valence-electron chi connectivity index (χ3n) is 3.62. The van der Waals surface area contributed by atoms with Crippen molar-refractivity contribution in [1.29, 1.82) is 0 Å². The first-order chi connectivity index (χ1) is 10.7. The maximum absolute atomic E-state index is 14.4. The molecule has 1 aromatic carbocycles. The predicted octanol–water partition coefficient (Wildman–Crippen LogP) is 3.80. The number of nitrogens with zero attached hydrogens (tertiary/aromatic N) is 1. The summed E-state index contributed by atoms with van der Waals surface area (Å²) >= 11 is 5.90. The molecule has 0 aliphatic carbocycles. The van der Waals surface area contributed by atoms with Crippen molar-refractivity contribution in [3.8, 4) is 0 Å². The third kappa shape index (κ3) is 4.18. The molecule has 0 aliphatic rings. The van der Waals surface area contributed by atoms with Crippen LogP contribution < -0.4 is 5.19 Å². The zero-order valence-corrected chi connectivity index (χ0v) is 15.4. The molecule has 0 saturated heterocycles. The van der Waals surface area contributed by atoms with E-state index in [9.17, 15) is 9.18 Å². The molecule has 0 fully saturated rings. The minimum Gasteiger partial charge on any atom is -0.465 e. The van der Waals surface area contributed by atoms with Crippen molar-refractivity contribution in [2.24, 2.45) is 0 Å². The second-order valence-electron chi connectivity index (χ2n) is 6.35. The van der Waals surface area contributed by atoms with Crippen LogP contribution in [0.25, 0.3) is 0 Å². The largest absolute Gasteiger partial charge is 0.465 e. The van der Waals surface area contributed by atoms with E-state index < -0.39 is 14.0 Å². The molecule has 3 nitrogen and oxygen atoms in total. The number of ether oxygens (including phenoxy) is 1. The molecule has 0 amide bonds. The zero-order chi connectivity index (χ0) is 17.2. The van der Waals surface area contributed by atoms with Crippen molar-refractivity contribution in [3.05, 3.63) is 58.1 Å². The van der Waals surface area contributed by atoms with Crippen LogP contribution in [0, 0.1) is 5.82 Å². The number of pyridine rings is 1. The van der Waals surface area contributed by atoms with E-state index in [1.807, 2.05) is 6.07 Å². The van der Waals surface area contributed by atoms with Crippen LogP contribution in [0.2, 0.25) is 24.8 Å². The summed E-state index contributed by atoms with van der Waals surface area (Å²) in [6.45, 7) is 6.49. The quantitative estimate of drug-likeness (QED) is 0.478. The summed E-state index contributed by atoms with van der Waals surface area (Å²) in [7, 11) is -0.278. The van der Waals surface area contributed by atoms with Crippen LogP contribution in [0.5, 0.6) is 0 Å². The van der Waals surface area contributed by atoms with Gasteiger partial charge in [0.25, 0.3) is 0 Å². The van der Waals surface area contributed by atoms with Crippen molar-refractivity contribution in [1.82, 2.24) is 4.98 Å². The monoisotopic (exact) mass is 351 g/mol. The fourth-order valence-corrected chi connectivity index (χ4v) is 3.55. The molecule has 0 spiro atoms. The van der Waals surface area contributed by atoms with Gasteiger partial charge in [-0.3, -0.25) is 0 Å². The summed E-state index contributed by atoms with van der Waals surface area (Å²) in [6.07, 6.45) is 0.183. The zero-order valence-electron chi connectivity index (χ0n) is 13.6. The van der Waals surface area contributed by atoms with Gasteiger partial charge in [-0.2, -0.15) is 0 Å². The first-order valence-corrected chi connectivity index (χ1v) is 11.1. The highest BCUT2D eigenvalue weighted by molar-refractivity contribution is 6.88. The van der Waals surface area contributed by atoms with E-state index in [1.54, 1.807) is 18.2 Å². The molecule has 0 atom stereocenters. The maximum atomic E-state index is 14.4. The van der Waals surface area contributed by atoms with Gasteiger partial charge in [0.15, 0.2) is 0 Å². The summed E-state index contributed by atoms with van der Waals surface area (Å²) in [5.74, 6) is -0.800. The summed E-state index contributed by atoms with van der Waals surface area (Å²) in [5.41, 5.74) is 1.18. The van der Waals surface area contributed by atoms with Gasteiger partial charge >= 0.3 is 5.97 Å². The summed E-state index contributed by atoms with van der Waals surface area (Å²) in [5, 5.41) is 1.30. The first kappa shape index (κ1) is 17.6. The number of hydrogen-bond donors (Lipinski definition) is 0. The molecule has 1 aromatic heterocycles. The lowest BCUT2D eigenvalue weighted by Gasteiger charge is -2.17.